The SMILES string of the molecule is CC(C)c1nc(Nc2cccc(CN)c2)cc(=O)[nH]1. The van der Waals surface area contributed by atoms with Crippen LogP contribution in [0, 0.1) is 0 Å². The molecule has 0 spiro atoms. The number of nitrogens with one attached hydrogen (secondary N) is 2. The average Bonchev–Trinajstić information content (AvgIpc) is 2.38. The summed E-state index contributed by atoms with van der Waals surface area (Å²) in [5.41, 5.74) is 7.34. The van der Waals surface area contributed by atoms with Gasteiger partial charge in [0.1, 0.15) is 11.6 Å². The van der Waals surface area contributed by atoms with E-state index in [0.717, 1.165) is 11.3 Å². The summed E-state index contributed by atoms with van der Waals surface area (Å²) in [6.07, 6.45) is 0. The molecule has 0 aliphatic heterocycles. The maximum atomic E-state index is 11.6. The van der Waals surface area contributed by atoms with E-state index in [1.807, 2.05) is 38.1 Å². The number of H-pyrrole nitrogens is 1. The van der Waals surface area contributed by atoms with Crippen molar-refractivity contribution in [1.29, 1.82) is 0 Å². The van der Waals surface area contributed by atoms with Crippen LogP contribution < -0.4 is 16.6 Å². The molecular formula is C14H18N4O. The van der Waals surface area contributed by atoms with E-state index in [4.69, 9.17) is 5.73 Å². The third-order valence-corrected chi connectivity index (χ3v) is 2.74. The molecule has 5 nitrogen and oxygen atoms in total. The fraction of sp³-hybridized carbons (Fsp3) is 0.286. The first kappa shape index (κ1) is 13.3. The Balaban J connectivity index is 2.29. The van der Waals surface area contributed by atoms with Crippen LogP contribution in [0.4, 0.5) is 11.5 Å². The second-order valence-corrected chi connectivity index (χ2v) is 4.70. The van der Waals surface area contributed by atoms with Gasteiger partial charge in [-0.3, -0.25) is 4.79 Å². The first-order valence-electron chi connectivity index (χ1n) is 6.26. The lowest BCUT2D eigenvalue weighted by Gasteiger charge is -2.09. The Kier molecular flexibility index (Phi) is 3.97. The van der Waals surface area contributed by atoms with E-state index < -0.39 is 0 Å². The van der Waals surface area contributed by atoms with Crippen LogP contribution in [0.25, 0.3) is 0 Å². The quantitative estimate of drug-likeness (QED) is 0.784. The monoisotopic (exact) mass is 258 g/mol. The van der Waals surface area contributed by atoms with Crippen molar-refractivity contribution >= 4 is 11.5 Å². The standard InChI is InChI=1S/C14H18N4O/c1-9(2)14-17-12(7-13(19)18-14)16-11-5-3-4-10(6-11)8-15/h3-7,9H,8,15H2,1-2H3,(H2,16,17,18,19). The summed E-state index contributed by atoms with van der Waals surface area (Å²) in [6.45, 7) is 4.45. The molecule has 0 unspecified atom stereocenters. The van der Waals surface area contributed by atoms with Gasteiger partial charge in [-0.1, -0.05) is 26.0 Å². The second-order valence-electron chi connectivity index (χ2n) is 4.70. The first-order valence-corrected chi connectivity index (χ1v) is 6.26. The smallest absolute Gasteiger partial charge is 0.252 e. The topological polar surface area (TPSA) is 83.8 Å². The fourth-order valence-electron chi connectivity index (χ4n) is 1.74. The highest BCUT2D eigenvalue weighted by Crippen LogP contribution is 2.16. The van der Waals surface area contributed by atoms with Crippen molar-refractivity contribution in [3.05, 3.63) is 52.1 Å². The van der Waals surface area contributed by atoms with Gasteiger partial charge < -0.3 is 16.0 Å². The van der Waals surface area contributed by atoms with Gasteiger partial charge in [-0.25, -0.2) is 4.98 Å². The molecule has 1 heterocycles. The van der Waals surface area contributed by atoms with Gasteiger partial charge in [-0.2, -0.15) is 0 Å². The summed E-state index contributed by atoms with van der Waals surface area (Å²) >= 11 is 0. The Morgan fingerprint density at radius 1 is 1.37 bits per heavy atom. The van der Waals surface area contributed by atoms with Crippen LogP contribution in [0.3, 0.4) is 0 Å². The van der Waals surface area contributed by atoms with Crippen LogP contribution in [0.5, 0.6) is 0 Å². The predicted octanol–water partition coefficient (Wildman–Crippen LogP) is 2.10. The van der Waals surface area contributed by atoms with Crippen molar-refractivity contribution in [2.24, 2.45) is 5.73 Å². The molecule has 0 amide bonds. The summed E-state index contributed by atoms with van der Waals surface area (Å²) in [4.78, 5) is 18.7. The maximum Gasteiger partial charge on any atom is 0.252 e. The van der Waals surface area contributed by atoms with E-state index in [0.29, 0.717) is 18.2 Å². The third-order valence-electron chi connectivity index (χ3n) is 2.74. The van der Waals surface area contributed by atoms with Crippen LogP contribution in [-0.2, 0) is 6.54 Å². The number of benzene rings is 1. The van der Waals surface area contributed by atoms with Gasteiger partial charge in [0.2, 0.25) is 0 Å². The normalized spacial score (nSPS) is 10.7. The van der Waals surface area contributed by atoms with Gasteiger partial charge in [0, 0.05) is 24.2 Å². The molecule has 1 aromatic heterocycles. The molecule has 0 atom stereocenters. The molecule has 0 bridgehead atoms. The Morgan fingerprint density at radius 2 is 2.16 bits per heavy atom. The van der Waals surface area contributed by atoms with Gasteiger partial charge in [-0.05, 0) is 17.7 Å². The van der Waals surface area contributed by atoms with Gasteiger partial charge in [0.25, 0.3) is 5.56 Å². The zero-order valence-corrected chi connectivity index (χ0v) is 11.1. The van der Waals surface area contributed by atoms with Crippen LogP contribution >= 0.6 is 0 Å². The molecule has 4 N–H and O–H groups in total. The summed E-state index contributed by atoms with van der Waals surface area (Å²) in [5.74, 6) is 1.39. The number of anilines is 2. The molecule has 0 aliphatic carbocycles. The molecule has 19 heavy (non-hydrogen) atoms. The highest BCUT2D eigenvalue weighted by molar-refractivity contribution is 5.56. The summed E-state index contributed by atoms with van der Waals surface area (Å²) < 4.78 is 0. The lowest BCUT2D eigenvalue weighted by atomic mass is 10.2. The molecule has 1 aromatic carbocycles. The van der Waals surface area contributed by atoms with Gasteiger partial charge in [0.05, 0.1) is 0 Å². The molecule has 2 rings (SSSR count). The van der Waals surface area contributed by atoms with E-state index >= 15 is 0 Å². The van der Waals surface area contributed by atoms with Crippen molar-refractivity contribution in [2.45, 2.75) is 26.3 Å². The number of hydrogen-bond acceptors (Lipinski definition) is 4. The van der Waals surface area contributed by atoms with E-state index in [2.05, 4.69) is 15.3 Å². The maximum absolute atomic E-state index is 11.6. The number of nitrogens with two attached hydrogens (primary N) is 1. The van der Waals surface area contributed by atoms with E-state index in [-0.39, 0.29) is 11.5 Å². The van der Waals surface area contributed by atoms with Gasteiger partial charge in [0.15, 0.2) is 0 Å². The number of aromatic amines is 1. The lowest BCUT2D eigenvalue weighted by molar-refractivity contribution is 0.769. The highest BCUT2D eigenvalue weighted by Gasteiger charge is 2.05. The molecule has 0 saturated heterocycles. The molecular weight excluding hydrogens is 240 g/mol. The number of aromatic nitrogens is 2. The summed E-state index contributed by atoms with van der Waals surface area (Å²) in [6, 6.07) is 9.17. The minimum atomic E-state index is -0.156. The predicted molar refractivity (Wildman–Crippen MR) is 76.6 cm³/mol. The van der Waals surface area contributed by atoms with Crippen LogP contribution in [-0.4, -0.2) is 9.97 Å². The molecule has 5 heteroatoms. The van der Waals surface area contributed by atoms with Gasteiger partial charge >= 0.3 is 0 Å². The molecule has 0 saturated carbocycles. The summed E-state index contributed by atoms with van der Waals surface area (Å²) in [7, 11) is 0. The van der Waals surface area contributed by atoms with Crippen LogP contribution in [0.15, 0.2) is 35.1 Å². The van der Waals surface area contributed by atoms with Crippen molar-refractivity contribution in [3.63, 3.8) is 0 Å². The zero-order chi connectivity index (χ0) is 13.8. The van der Waals surface area contributed by atoms with Crippen molar-refractivity contribution in [2.75, 3.05) is 5.32 Å². The Labute approximate surface area is 111 Å². The Morgan fingerprint density at radius 3 is 2.84 bits per heavy atom. The van der Waals surface area contributed by atoms with E-state index in [9.17, 15) is 4.79 Å². The van der Waals surface area contributed by atoms with Crippen LogP contribution in [0.2, 0.25) is 0 Å². The second kappa shape index (κ2) is 5.67. The lowest BCUT2D eigenvalue weighted by Crippen LogP contribution is -2.13. The molecule has 0 radical (unpaired) electrons. The summed E-state index contributed by atoms with van der Waals surface area (Å²) in [5, 5.41) is 3.13. The van der Waals surface area contributed by atoms with E-state index in [1.54, 1.807) is 0 Å². The average molecular weight is 258 g/mol. The van der Waals surface area contributed by atoms with Crippen molar-refractivity contribution in [1.82, 2.24) is 9.97 Å². The number of nitrogens with zero attached hydrogens (tertiary/aromatic N) is 1. The largest absolute Gasteiger partial charge is 0.340 e. The first-order chi connectivity index (χ1) is 9.08. The minimum Gasteiger partial charge on any atom is -0.340 e. The van der Waals surface area contributed by atoms with E-state index in [1.165, 1.54) is 6.07 Å². The third kappa shape index (κ3) is 3.42. The molecule has 2 aromatic rings. The molecule has 0 aliphatic rings. The van der Waals surface area contributed by atoms with Crippen molar-refractivity contribution < 1.29 is 0 Å². The highest BCUT2D eigenvalue weighted by atomic mass is 16.1. The number of hydrogen-bond donors (Lipinski definition) is 3. The molecule has 100 valence electrons. The Bertz CT molecular complexity index is 619. The van der Waals surface area contributed by atoms with Gasteiger partial charge in [-0.15, -0.1) is 0 Å². The molecule has 0 fully saturated rings. The Hall–Kier alpha value is -2.14. The van der Waals surface area contributed by atoms with Crippen LogP contribution in [0.1, 0.15) is 31.2 Å². The zero-order valence-electron chi connectivity index (χ0n) is 11.1. The van der Waals surface area contributed by atoms with Crippen molar-refractivity contribution in [3.8, 4) is 0 Å². The fourth-order valence-corrected chi connectivity index (χ4v) is 1.74. The minimum absolute atomic E-state index is 0.156. The number of rotatable bonds is 4.